The van der Waals surface area contributed by atoms with Crippen LogP contribution >= 0.6 is 11.6 Å². The Kier molecular flexibility index (Phi) is 3.59. The second-order valence-electron chi connectivity index (χ2n) is 5.28. The standard InChI is InChI=1S/C15H17ClN4O/c1-10-14(18-13-6-7-19(2)15(13)21)9-17-20(10)12-5-3-4-11(16)8-12/h3-5,8-9,13,18H,6-7H2,1-2H3/t13-/m0/s1. The number of likely N-dealkylation sites (N-methyl/N-ethyl adjacent to an activating group) is 1. The van der Waals surface area contributed by atoms with Gasteiger partial charge in [-0.1, -0.05) is 17.7 Å². The van der Waals surface area contributed by atoms with E-state index in [1.807, 2.05) is 42.9 Å². The van der Waals surface area contributed by atoms with Crippen molar-refractivity contribution >= 4 is 23.2 Å². The monoisotopic (exact) mass is 304 g/mol. The Bertz CT molecular complexity index is 682. The number of aromatic nitrogens is 2. The smallest absolute Gasteiger partial charge is 0.244 e. The molecule has 3 rings (SSSR count). The maximum atomic E-state index is 12.0. The van der Waals surface area contributed by atoms with Gasteiger partial charge in [0.1, 0.15) is 6.04 Å². The number of nitrogens with zero attached hydrogens (tertiary/aromatic N) is 3. The van der Waals surface area contributed by atoms with Crippen molar-refractivity contribution < 1.29 is 4.79 Å². The first-order valence-corrected chi connectivity index (χ1v) is 7.26. The third kappa shape index (κ3) is 2.61. The Hall–Kier alpha value is -2.01. The van der Waals surface area contributed by atoms with Crippen molar-refractivity contribution in [2.24, 2.45) is 0 Å². The van der Waals surface area contributed by atoms with Gasteiger partial charge in [-0.3, -0.25) is 4.79 Å². The van der Waals surface area contributed by atoms with Crippen molar-refractivity contribution in [1.82, 2.24) is 14.7 Å². The lowest BCUT2D eigenvalue weighted by Gasteiger charge is -2.13. The number of benzene rings is 1. The molecule has 1 aromatic heterocycles. The SMILES string of the molecule is Cc1c(N[C@H]2CCN(C)C2=O)cnn1-c1cccc(Cl)c1. The van der Waals surface area contributed by atoms with Crippen LogP contribution < -0.4 is 5.32 Å². The van der Waals surface area contributed by atoms with Crippen LogP contribution in [0.5, 0.6) is 0 Å². The molecular weight excluding hydrogens is 288 g/mol. The summed E-state index contributed by atoms with van der Waals surface area (Å²) in [5.74, 6) is 0.130. The average molecular weight is 305 g/mol. The van der Waals surface area contributed by atoms with E-state index < -0.39 is 0 Å². The minimum absolute atomic E-state index is 0.130. The zero-order valence-corrected chi connectivity index (χ0v) is 12.8. The lowest BCUT2D eigenvalue weighted by atomic mass is 10.2. The van der Waals surface area contributed by atoms with E-state index in [0.717, 1.165) is 30.0 Å². The van der Waals surface area contributed by atoms with E-state index >= 15 is 0 Å². The summed E-state index contributed by atoms with van der Waals surface area (Å²) < 4.78 is 1.82. The zero-order valence-electron chi connectivity index (χ0n) is 12.0. The quantitative estimate of drug-likeness (QED) is 0.948. The number of halogens is 1. The van der Waals surface area contributed by atoms with Gasteiger partial charge >= 0.3 is 0 Å². The van der Waals surface area contributed by atoms with Gasteiger partial charge < -0.3 is 10.2 Å². The summed E-state index contributed by atoms with van der Waals surface area (Å²) in [5, 5.41) is 8.34. The number of likely N-dealkylation sites (tertiary alicyclic amines) is 1. The molecule has 0 spiro atoms. The Labute approximate surface area is 128 Å². The molecular formula is C15H17ClN4O. The van der Waals surface area contributed by atoms with Crippen LogP contribution in [0.4, 0.5) is 5.69 Å². The van der Waals surface area contributed by atoms with Crippen LogP contribution in [0.3, 0.4) is 0 Å². The van der Waals surface area contributed by atoms with Crippen molar-refractivity contribution in [1.29, 1.82) is 0 Å². The topological polar surface area (TPSA) is 50.2 Å². The van der Waals surface area contributed by atoms with E-state index in [1.165, 1.54) is 0 Å². The first-order valence-electron chi connectivity index (χ1n) is 6.88. The molecule has 0 saturated carbocycles. The predicted molar refractivity (Wildman–Crippen MR) is 83.0 cm³/mol. The highest BCUT2D eigenvalue weighted by molar-refractivity contribution is 6.30. The van der Waals surface area contributed by atoms with E-state index in [2.05, 4.69) is 10.4 Å². The molecule has 2 aromatic rings. The third-order valence-corrected chi connectivity index (χ3v) is 4.05. The van der Waals surface area contributed by atoms with Gasteiger partial charge in [0, 0.05) is 18.6 Å². The highest BCUT2D eigenvalue weighted by atomic mass is 35.5. The van der Waals surface area contributed by atoms with E-state index in [0.29, 0.717) is 5.02 Å². The molecule has 1 amide bonds. The van der Waals surface area contributed by atoms with Crippen LogP contribution in [-0.2, 0) is 4.79 Å². The molecule has 21 heavy (non-hydrogen) atoms. The normalized spacial score (nSPS) is 18.3. The summed E-state index contributed by atoms with van der Waals surface area (Å²) in [4.78, 5) is 13.7. The molecule has 1 aliphatic heterocycles. The van der Waals surface area contributed by atoms with E-state index in [9.17, 15) is 4.79 Å². The van der Waals surface area contributed by atoms with Gasteiger partial charge in [0.2, 0.25) is 5.91 Å². The fraction of sp³-hybridized carbons (Fsp3) is 0.333. The fourth-order valence-electron chi connectivity index (χ4n) is 2.56. The number of rotatable bonds is 3. The van der Waals surface area contributed by atoms with Crippen LogP contribution in [0.2, 0.25) is 5.02 Å². The van der Waals surface area contributed by atoms with Gasteiger partial charge in [0.15, 0.2) is 0 Å². The molecule has 0 radical (unpaired) electrons. The maximum Gasteiger partial charge on any atom is 0.244 e. The summed E-state index contributed by atoms with van der Waals surface area (Å²) >= 11 is 6.02. The van der Waals surface area contributed by atoms with E-state index in [1.54, 1.807) is 11.1 Å². The van der Waals surface area contributed by atoms with Crippen LogP contribution in [0.25, 0.3) is 5.69 Å². The number of carbonyl (C=O) groups excluding carboxylic acids is 1. The van der Waals surface area contributed by atoms with Gasteiger partial charge in [-0.25, -0.2) is 4.68 Å². The van der Waals surface area contributed by atoms with Crippen molar-refractivity contribution in [3.05, 3.63) is 41.2 Å². The second-order valence-corrected chi connectivity index (χ2v) is 5.72. The number of anilines is 1. The van der Waals surface area contributed by atoms with Gasteiger partial charge in [-0.15, -0.1) is 0 Å². The number of nitrogens with one attached hydrogen (secondary N) is 1. The van der Waals surface area contributed by atoms with Crippen molar-refractivity contribution in [3.63, 3.8) is 0 Å². The Balaban J connectivity index is 1.85. The number of hydrogen-bond donors (Lipinski definition) is 1. The van der Waals surface area contributed by atoms with Crippen LogP contribution in [0.15, 0.2) is 30.5 Å². The molecule has 0 aliphatic carbocycles. The van der Waals surface area contributed by atoms with E-state index in [4.69, 9.17) is 11.6 Å². The molecule has 1 aliphatic rings. The Morgan fingerprint density at radius 2 is 2.24 bits per heavy atom. The summed E-state index contributed by atoms with van der Waals surface area (Å²) in [5.41, 5.74) is 2.74. The van der Waals surface area contributed by atoms with Crippen molar-refractivity contribution in [2.45, 2.75) is 19.4 Å². The summed E-state index contributed by atoms with van der Waals surface area (Å²) in [6.07, 6.45) is 2.57. The van der Waals surface area contributed by atoms with Crippen LogP contribution in [0.1, 0.15) is 12.1 Å². The molecule has 0 unspecified atom stereocenters. The molecule has 5 nitrogen and oxygen atoms in total. The maximum absolute atomic E-state index is 12.0. The molecule has 6 heteroatoms. The summed E-state index contributed by atoms with van der Waals surface area (Å²) in [6, 6.07) is 7.37. The number of carbonyl (C=O) groups is 1. The van der Waals surface area contributed by atoms with Crippen molar-refractivity contribution in [2.75, 3.05) is 18.9 Å². The second kappa shape index (κ2) is 5.41. The van der Waals surface area contributed by atoms with Crippen molar-refractivity contribution in [3.8, 4) is 5.69 Å². The fourth-order valence-corrected chi connectivity index (χ4v) is 2.75. The Morgan fingerprint density at radius 1 is 1.43 bits per heavy atom. The molecule has 2 heterocycles. The Morgan fingerprint density at radius 3 is 2.90 bits per heavy atom. The number of hydrogen-bond acceptors (Lipinski definition) is 3. The van der Waals surface area contributed by atoms with Gasteiger partial charge in [-0.05, 0) is 31.5 Å². The molecule has 110 valence electrons. The van der Waals surface area contributed by atoms with Gasteiger partial charge in [0.25, 0.3) is 0 Å². The van der Waals surface area contributed by atoms with Gasteiger partial charge in [-0.2, -0.15) is 5.10 Å². The molecule has 1 aromatic carbocycles. The molecule has 1 saturated heterocycles. The van der Waals surface area contributed by atoms with E-state index in [-0.39, 0.29) is 11.9 Å². The lowest BCUT2D eigenvalue weighted by molar-refractivity contribution is -0.127. The minimum atomic E-state index is -0.161. The average Bonchev–Trinajstić information content (AvgIpc) is 2.97. The van der Waals surface area contributed by atoms with Crippen LogP contribution in [0, 0.1) is 6.92 Å². The molecule has 1 atom stereocenters. The lowest BCUT2D eigenvalue weighted by Crippen LogP contribution is -2.31. The molecule has 1 N–H and O–H groups in total. The summed E-state index contributed by atoms with van der Waals surface area (Å²) in [6.45, 7) is 2.76. The van der Waals surface area contributed by atoms with Crippen LogP contribution in [-0.4, -0.2) is 40.2 Å². The molecule has 0 bridgehead atoms. The minimum Gasteiger partial charge on any atom is -0.371 e. The predicted octanol–water partition coefficient (Wildman–Crippen LogP) is 2.48. The highest BCUT2D eigenvalue weighted by Crippen LogP contribution is 2.23. The third-order valence-electron chi connectivity index (χ3n) is 3.82. The molecule has 1 fully saturated rings. The first-order chi connectivity index (χ1) is 10.1. The number of amides is 1. The highest BCUT2D eigenvalue weighted by Gasteiger charge is 2.29. The largest absolute Gasteiger partial charge is 0.371 e. The zero-order chi connectivity index (χ0) is 15.0. The first kappa shape index (κ1) is 13.9. The summed E-state index contributed by atoms with van der Waals surface area (Å²) in [7, 11) is 1.83. The van der Waals surface area contributed by atoms with Gasteiger partial charge in [0.05, 0.1) is 23.3 Å².